The molecule has 5 heteroatoms. The Morgan fingerprint density at radius 1 is 1.29 bits per heavy atom. The van der Waals surface area contributed by atoms with Crippen molar-refractivity contribution >= 4 is 17.6 Å². The molecule has 1 aromatic carbocycles. The minimum atomic E-state index is -0.532. The van der Waals surface area contributed by atoms with E-state index in [1.807, 2.05) is 24.3 Å². The van der Waals surface area contributed by atoms with Crippen LogP contribution in [0.2, 0.25) is 0 Å². The normalized spacial score (nSPS) is 26.5. The van der Waals surface area contributed by atoms with Crippen molar-refractivity contribution in [2.24, 2.45) is 5.92 Å². The first-order valence-corrected chi connectivity index (χ1v) is 8.81. The van der Waals surface area contributed by atoms with Crippen LogP contribution < -0.4 is 9.64 Å². The molecule has 130 valence electrons. The lowest BCUT2D eigenvalue weighted by Crippen LogP contribution is -2.45. The Balaban J connectivity index is 1.59. The van der Waals surface area contributed by atoms with Gasteiger partial charge in [-0.3, -0.25) is 9.59 Å². The minimum Gasteiger partial charge on any atom is -0.479 e. The molecule has 2 aliphatic rings. The second kappa shape index (κ2) is 7.24. The molecule has 0 N–H and O–H groups in total. The number of fused-ring (bicyclic) bond motifs is 1. The van der Waals surface area contributed by atoms with Gasteiger partial charge in [0.15, 0.2) is 6.10 Å². The molecule has 24 heavy (non-hydrogen) atoms. The first-order valence-electron chi connectivity index (χ1n) is 8.81. The molecule has 0 radical (unpaired) electrons. The van der Waals surface area contributed by atoms with Gasteiger partial charge in [-0.1, -0.05) is 25.5 Å². The van der Waals surface area contributed by atoms with E-state index in [-0.39, 0.29) is 24.4 Å². The van der Waals surface area contributed by atoms with Gasteiger partial charge in [-0.2, -0.15) is 0 Å². The van der Waals surface area contributed by atoms with Crippen molar-refractivity contribution in [3.05, 3.63) is 24.3 Å². The molecule has 0 aromatic heterocycles. The third kappa shape index (κ3) is 3.71. The van der Waals surface area contributed by atoms with E-state index in [2.05, 4.69) is 6.92 Å². The topological polar surface area (TPSA) is 55.8 Å². The summed E-state index contributed by atoms with van der Waals surface area (Å²) in [4.78, 5) is 26.2. The Morgan fingerprint density at radius 3 is 2.88 bits per heavy atom. The predicted octanol–water partition coefficient (Wildman–Crippen LogP) is 3.31. The maximum Gasteiger partial charge on any atom is 0.307 e. The quantitative estimate of drug-likeness (QED) is 0.794. The zero-order chi connectivity index (χ0) is 17.1. The van der Waals surface area contributed by atoms with E-state index in [1.54, 1.807) is 11.8 Å². The first kappa shape index (κ1) is 16.8. The van der Waals surface area contributed by atoms with E-state index < -0.39 is 6.10 Å². The number of rotatable bonds is 4. The van der Waals surface area contributed by atoms with E-state index in [1.165, 1.54) is 6.42 Å². The Hall–Kier alpha value is -2.04. The molecule has 1 amide bonds. The highest BCUT2D eigenvalue weighted by molar-refractivity contribution is 6.00. The van der Waals surface area contributed by atoms with Crippen LogP contribution in [0.15, 0.2) is 24.3 Å². The highest BCUT2D eigenvalue weighted by Crippen LogP contribution is 2.33. The van der Waals surface area contributed by atoms with Gasteiger partial charge < -0.3 is 14.4 Å². The van der Waals surface area contributed by atoms with Gasteiger partial charge in [0.2, 0.25) is 0 Å². The fourth-order valence-corrected chi connectivity index (χ4v) is 3.52. The molecule has 1 aliphatic carbocycles. The lowest BCUT2D eigenvalue weighted by atomic mass is 9.89. The van der Waals surface area contributed by atoms with Gasteiger partial charge in [0, 0.05) is 6.54 Å². The second-order valence-electron chi connectivity index (χ2n) is 6.85. The second-order valence-corrected chi connectivity index (χ2v) is 6.85. The summed E-state index contributed by atoms with van der Waals surface area (Å²) < 4.78 is 11.2. The summed E-state index contributed by atoms with van der Waals surface area (Å²) in [5.74, 6) is 0.954. The number of hydrogen-bond donors (Lipinski definition) is 0. The monoisotopic (exact) mass is 331 g/mol. The van der Waals surface area contributed by atoms with Gasteiger partial charge in [-0.15, -0.1) is 0 Å². The zero-order valence-corrected chi connectivity index (χ0v) is 14.4. The summed E-state index contributed by atoms with van der Waals surface area (Å²) in [6.45, 7) is 4.25. The molecule has 0 saturated heterocycles. The Labute approximate surface area is 142 Å². The van der Waals surface area contributed by atoms with Crippen LogP contribution in [0.1, 0.15) is 46.0 Å². The van der Waals surface area contributed by atoms with Gasteiger partial charge >= 0.3 is 5.97 Å². The highest BCUT2D eigenvalue weighted by atomic mass is 16.5. The Kier molecular flexibility index (Phi) is 5.07. The summed E-state index contributed by atoms with van der Waals surface area (Å²) >= 11 is 0. The van der Waals surface area contributed by atoms with E-state index in [4.69, 9.17) is 9.47 Å². The maximum atomic E-state index is 12.4. The third-order valence-corrected chi connectivity index (χ3v) is 4.80. The molecule has 3 rings (SSSR count). The highest BCUT2D eigenvalue weighted by Gasteiger charge is 2.31. The molecule has 0 spiro atoms. The van der Waals surface area contributed by atoms with Crippen molar-refractivity contribution in [2.75, 3.05) is 11.4 Å². The number of anilines is 1. The van der Waals surface area contributed by atoms with Crippen molar-refractivity contribution in [1.82, 2.24) is 0 Å². The van der Waals surface area contributed by atoms with Gasteiger partial charge in [0.05, 0.1) is 12.1 Å². The summed E-state index contributed by atoms with van der Waals surface area (Å²) in [6, 6.07) is 7.42. The van der Waals surface area contributed by atoms with Crippen LogP contribution in [0.4, 0.5) is 5.69 Å². The summed E-state index contributed by atoms with van der Waals surface area (Å²) in [7, 11) is 0. The van der Waals surface area contributed by atoms with Crippen LogP contribution in [0.3, 0.4) is 0 Å². The molecule has 1 aliphatic heterocycles. The Morgan fingerprint density at radius 2 is 2.08 bits per heavy atom. The van der Waals surface area contributed by atoms with E-state index in [0.29, 0.717) is 18.2 Å². The molecule has 3 atom stereocenters. The SMILES string of the molecule is CC1CCCC(OC(=O)CCN2C(=O)C(C)Oc3ccccc32)C1. The number of carbonyl (C=O) groups is 2. The minimum absolute atomic E-state index is 0.0350. The third-order valence-electron chi connectivity index (χ3n) is 4.80. The largest absolute Gasteiger partial charge is 0.479 e. The average Bonchev–Trinajstić information content (AvgIpc) is 2.55. The molecule has 0 bridgehead atoms. The van der Waals surface area contributed by atoms with Crippen LogP contribution in [0, 0.1) is 5.92 Å². The lowest BCUT2D eigenvalue weighted by molar-refractivity contribution is -0.151. The van der Waals surface area contributed by atoms with Crippen LogP contribution in [0.5, 0.6) is 5.75 Å². The predicted molar refractivity (Wildman–Crippen MR) is 91.0 cm³/mol. The number of ether oxygens (including phenoxy) is 2. The van der Waals surface area contributed by atoms with E-state index >= 15 is 0 Å². The van der Waals surface area contributed by atoms with Crippen molar-refractivity contribution in [3.63, 3.8) is 0 Å². The van der Waals surface area contributed by atoms with Gasteiger partial charge in [0.1, 0.15) is 11.9 Å². The van der Waals surface area contributed by atoms with Gasteiger partial charge in [-0.25, -0.2) is 0 Å². The summed E-state index contributed by atoms with van der Waals surface area (Å²) in [5, 5.41) is 0. The summed E-state index contributed by atoms with van der Waals surface area (Å²) in [5.41, 5.74) is 0.722. The van der Waals surface area contributed by atoms with E-state index in [0.717, 1.165) is 24.9 Å². The van der Waals surface area contributed by atoms with Crippen molar-refractivity contribution in [3.8, 4) is 5.75 Å². The van der Waals surface area contributed by atoms with Crippen LogP contribution in [-0.4, -0.2) is 30.6 Å². The molecule has 1 heterocycles. The Bertz CT molecular complexity index is 615. The fraction of sp³-hybridized carbons (Fsp3) is 0.579. The van der Waals surface area contributed by atoms with Crippen LogP contribution >= 0.6 is 0 Å². The molecule has 1 aromatic rings. The molecule has 1 saturated carbocycles. The van der Waals surface area contributed by atoms with Crippen molar-refractivity contribution in [2.45, 2.75) is 58.2 Å². The molecule has 3 unspecified atom stereocenters. The number of benzene rings is 1. The molecule has 1 fully saturated rings. The van der Waals surface area contributed by atoms with E-state index in [9.17, 15) is 9.59 Å². The molecular weight excluding hydrogens is 306 g/mol. The van der Waals surface area contributed by atoms with Crippen LogP contribution in [0.25, 0.3) is 0 Å². The van der Waals surface area contributed by atoms with Crippen molar-refractivity contribution < 1.29 is 19.1 Å². The maximum absolute atomic E-state index is 12.4. The fourth-order valence-electron chi connectivity index (χ4n) is 3.52. The summed E-state index contributed by atoms with van der Waals surface area (Å²) in [6.07, 6.45) is 3.94. The number of nitrogens with zero attached hydrogens (tertiary/aromatic N) is 1. The number of amides is 1. The molecular formula is C19H25NO4. The number of hydrogen-bond acceptors (Lipinski definition) is 4. The van der Waals surface area contributed by atoms with Gasteiger partial charge in [0.25, 0.3) is 5.91 Å². The smallest absolute Gasteiger partial charge is 0.307 e. The first-order chi connectivity index (χ1) is 11.5. The number of esters is 1. The standard InChI is InChI=1S/C19H25NO4/c1-13-6-5-7-15(12-13)24-18(21)10-11-20-16-8-3-4-9-17(16)23-14(2)19(20)22/h3-4,8-9,13-15H,5-7,10-12H2,1-2H3. The van der Waals surface area contributed by atoms with Crippen LogP contribution in [-0.2, 0) is 14.3 Å². The number of carbonyl (C=O) groups excluding carboxylic acids is 2. The zero-order valence-electron chi connectivity index (χ0n) is 14.4. The number of para-hydroxylation sites is 2. The van der Waals surface area contributed by atoms with Crippen molar-refractivity contribution in [1.29, 1.82) is 0 Å². The molecule has 5 nitrogen and oxygen atoms in total. The average molecular weight is 331 g/mol. The van der Waals surface area contributed by atoms with Gasteiger partial charge in [-0.05, 0) is 44.2 Å². The lowest BCUT2D eigenvalue weighted by Gasteiger charge is -2.33.